The number of ether oxygens (including phenoxy) is 1. The van der Waals surface area contributed by atoms with Gasteiger partial charge in [0.05, 0.1) is 17.8 Å². The number of anilines is 1. The maximum Gasteiger partial charge on any atom is 0.194 e. The molecule has 1 aromatic carbocycles. The molecular formula is C21H31N5OS. The van der Waals surface area contributed by atoms with Crippen LogP contribution in [-0.2, 0) is 6.42 Å². The Labute approximate surface area is 172 Å². The number of aromatic nitrogens is 1. The molecule has 1 saturated heterocycles. The summed E-state index contributed by atoms with van der Waals surface area (Å²) in [4.78, 5) is 15.5. The predicted octanol–water partition coefficient (Wildman–Crippen LogP) is 3.10. The monoisotopic (exact) mass is 401 g/mol. The first kappa shape index (κ1) is 20.5. The smallest absolute Gasteiger partial charge is 0.194 e. The zero-order valence-electron chi connectivity index (χ0n) is 17.4. The molecule has 0 spiro atoms. The standard InChI is InChI=1S/C21H31N5OS/c1-5-22-21(23-11-10-20-16(2)24-17(3)28-20)26-14-12-25(13-15-26)18-6-8-19(27-4)9-7-18/h6-9H,5,10-15H2,1-4H3,(H,22,23). The van der Waals surface area contributed by atoms with E-state index in [1.54, 1.807) is 18.4 Å². The molecular weight excluding hydrogens is 370 g/mol. The summed E-state index contributed by atoms with van der Waals surface area (Å²) >= 11 is 1.79. The molecule has 6 nitrogen and oxygen atoms in total. The quantitative estimate of drug-likeness (QED) is 0.595. The van der Waals surface area contributed by atoms with Crippen LogP contribution in [0.15, 0.2) is 29.3 Å². The van der Waals surface area contributed by atoms with Crippen molar-refractivity contribution in [3.8, 4) is 5.75 Å². The second-order valence-electron chi connectivity index (χ2n) is 6.90. The van der Waals surface area contributed by atoms with Crippen molar-refractivity contribution < 1.29 is 4.74 Å². The van der Waals surface area contributed by atoms with E-state index in [1.165, 1.54) is 10.6 Å². The number of nitrogens with one attached hydrogen (secondary N) is 1. The molecule has 7 heteroatoms. The van der Waals surface area contributed by atoms with Crippen molar-refractivity contribution in [2.45, 2.75) is 27.2 Å². The summed E-state index contributed by atoms with van der Waals surface area (Å²) in [5.41, 5.74) is 2.40. The van der Waals surface area contributed by atoms with Crippen LogP contribution in [-0.4, -0.2) is 62.2 Å². The Hall–Kier alpha value is -2.28. The van der Waals surface area contributed by atoms with Crippen molar-refractivity contribution >= 4 is 23.0 Å². The number of methoxy groups -OCH3 is 1. The highest BCUT2D eigenvalue weighted by Crippen LogP contribution is 2.21. The first-order valence-corrected chi connectivity index (χ1v) is 10.8. The number of benzene rings is 1. The second-order valence-corrected chi connectivity index (χ2v) is 8.19. The van der Waals surface area contributed by atoms with E-state index in [1.807, 2.05) is 12.1 Å². The molecule has 152 valence electrons. The molecule has 0 bridgehead atoms. The number of hydrogen-bond donors (Lipinski definition) is 1. The number of nitrogens with zero attached hydrogens (tertiary/aromatic N) is 4. The normalized spacial score (nSPS) is 15.1. The zero-order valence-corrected chi connectivity index (χ0v) is 18.2. The summed E-state index contributed by atoms with van der Waals surface area (Å²) in [6, 6.07) is 8.31. The molecule has 0 unspecified atom stereocenters. The Morgan fingerprint density at radius 2 is 1.89 bits per heavy atom. The van der Waals surface area contributed by atoms with Crippen molar-refractivity contribution in [3.05, 3.63) is 39.8 Å². The van der Waals surface area contributed by atoms with Crippen molar-refractivity contribution in [2.24, 2.45) is 4.99 Å². The first-order valence-electron chi connectivity index (χ1n) is 9.96. The van der Waals surface area contributed by atoms with Crippen LogP contribution >= 0.6 is 11.3 Å². The van der Waals surface area contributed by atoms with Crippen LogP contribution < -0.4 is 15.0 Å². The molecule has 28 heavy (non-hydrogen) atoms. The zero-order chi connectivity index (χ0) is 19.9. The predicted molar refractivity (Wildman–Crippen MR) is 118 cm³/mol. The van der Waals surface area contributed by atoms with Crippen LogP contribution in [0.3, 0.4) is 0 Å². The number of hydrogen-bond acceptors (Lipinski definition) is 5. The minimum absolute atomic E-state index is 0.795. The van der Waals surface area contributed by atoms with Crippen LogP contribution in [0, 0.1) is 13.8 Å². The van der Waals surface area contributed by atoms with Crippen LogP contribution in [0.1, 0.15) is 22.5 Å². The summed E-state index contributed by atoms with van der Waals surface area (Å²) in [5.74, 6) is 1.92. The van der Waals surface area contributed by atoms with Gasteiger partial charge in [-0.1, -0.05) is 0 Å². The lowest BCUT2D eigenvalue weighted by Gasteiger charge is -2.37. The molecule has 2 heterocycles. The van der Waals surface area contributed by atoms with Gasteiger partial charge in [0, 0.05) is 56.3 Å². The minimum atomic E-state index is 0.795. The van der Waals surface area contributed by atoms with E-state index >= 15 is 0 Å². The summed E-state index contributed by atoms with van der Waals surface area (Å²) in [7, 11) is 1.70. The maximum absolute atomic E-state index is 5.26. The van der Waals surface area contributed by atoms with E-state index in [0.717, 1.165) is 68.1 Å². The van der Waals surface area contributed by atoms with Gasteiger partial charge in [-0.2, -0.15) is 0 Å². The Kier molecular flexibility index (Phi) is 7.14. The van der Waals surface area contributed by atoms with Gasteiger partial charge >= 0.3 is 0 Å². The third kappa shape index (κ3) is 5.16. The summed E-state index contributed by atoms with van der Waals surface area (Å²) in [6.45, 7) is 11.9. The molecule has 1 fully saturated rings. The van der Waals surface area contributed by atoms with Crippen molar-refractivity contribution in [1.29, 1.82) is 0 Å². The molecule has 1 aliphatic heterocycles. The summed E-state index contributed by atoms with van der Waals surface area (Å²) < 4.78 is 5.26. The fourth-order valence-electron chi connectivity index (χ4n) is 3.46. The summed E-state index contributed by atoms with van der Waals surface area (Å²) in [6.07, 6.45) is 0.956. The van der Waals surface area contributed by atoms with Crippen LogP contribution in [0.25, 0.3) is 0 Å². The number of thiazole rings is 1. The molecule has 0 saturated carbocycles. The Morgan fingerprint density at radius 1 is 1.18 bits per heavy atom. The number of guanidine groups is 1. The van der Waals surface area contributed by atoms with Gasteiger partial charge in [0.15, 0.2) is 5.96 Å². The van der Waals surface area contributed by atoms with Crippen molar-refractivity contribution in [1.82, 2.24) is 15.2 Å². The van der Waals surface area contributed by atoms with Crippen molar-refractivity contribution in [2.75, 3.05) is 51.3 Å². The van der Waals surface area contributed by atoms with Gasteiger partial charge < -0.3 is 19.9 Å². The van der Waals surface area contributed by atoms with E-state index < -0.39 is 0 Å². The fourth-order valence-corrected chi connectivity index (χ4v) is 4.39. The van der Waals surface area contributed by atoms with Gasteiger partial charge in [-0.15, -0.1) is 11.3 Å². The fraction of sp³-hybridized carbons (Fsp3) is 0.524. The lowest BCUT2D eigenvalue weighted by Crippen LogP contribution is -2.52. The third-order valence-electron chi connectivity index (χ3n) is 4.95. The highest BCUT2D eigenvalue weighted by molar-refractivity contribution is 7.11. The van der Waals surface area contributed by atoms with E-state index in [9.17, 15) is 0 Å². The SMILES string of the molecule is CCNC(=NCCc1sc(C)nc1C)N1CCN(c2ccc(OC)cc2)CC1. The average molecular weight is 402 g/mol. The van der Waals surface area contributed by atoms with Gasteiger partial charge in [0.25, 0.3) is 0 Å². The van der Waals surface area contributed by atoms with Gasteiger partial charge in [-0.25, -0.2) is 4.98 Å². The number of aryl methyl sites for hydroxylation is 2. The largest absolute Gasteiger partial charge is 0.497 e. The Morgan fingerprint density at radius 3 is 2.46 bits per heavy atom. The molecule has 0 aliphatic carbocycles. The molecule has 1 N–H and O–H groups in total. The average Bonchev–Trinajstić information content (AvgIpc) is 3.04. The molecule has 0 atom stereocenters. The number of aliphatic imine (C=N–C) groups is 1. The maximum atomic E-state index is 5.26. The molecule has 1 aliphatic rings. The summed E-state index contributed by atoms with van der Waals surface area (Å²) in [5, 5.41) is 4.59. The van der Waals surface area contributed by atoms with E-state index in [-0.39, 0.29) is 0 Å². The van der Waals surface area contributed by atoms with Crippen LogP contribution in [0.4, 0.5) is 5.69 Å². The second kappa shape index (κ2) is 9.78. The van der Waals surface area contributed by atoms with Gasteiger partial charge in [-0.05, 0) is 45.0 Å². The molecule has 2 aromatic rings. The third-order valence-corrected chi connectivity index (χ3v) is 6.08. The molecule has 1 aromatic heterocycles. The highest BCUT2D eigenvalue weighted by Gasteiger charge is 2.20. The van der Waals surface area contributed by atoms with Gasteiger partial charge in [0.1, 0.15) is 5.75 Å². The first-order chi connectivity index (χ1) is 13.6. The highest BCUT2D eigenvalue weighted by atomic mass is 32.1. The number of piperazine rings is 1. The lowest BCUT2D eigenvalue weighted by atomic mass is 10.2. The molecule has 3 rings (SSSR count). The molecule has 0 radical (unpaired) electrons. The van der Waals surface area contributed by atoms with Crippen LogP contribution in [0.2, 0.25) is 0 Å². The Bertz CT molecular complexity index is 779. The van der Waals surface area contributed by atoms with Gasteiger partial charge in [-0.3, -0.25) is 4.99 Å². The number of rotatable bonds is 6. The van der Waals surface area contributed by atoms with Gasteiger partial charge in [0.2, 0.25) is 0 Å². The van der Waals surface area contributed by atoms with E-state index in [0.29, 0.717) is 0 Å². The van der Waals surface area contributed by atoms with E-state index in [4.69, 9.17) is 9.73 Å². The Balaban J connectivity index is 1.56. The van der Waals surface area contributed by atoms with Crippen molar-refractivity contribution in [3.63, 3.8) is 0 Å². The minimum Gasteiger partial charge on any atom is -0.497 e. The lowest BCUT2D eigenvalue weighted by molar-refractivity contribution is 0.372. The topological polar surface area (TPSA) is 53.0 Å². The van der Waals surface area contributed by atoms with Crippen LogP contribution in [0.5, 0.6) is 5.75 Å². The van der Waals surface area contributed by atoms with E-state index in [2.05, 4.69) is 53.0 Å². The molecule has 0 amide bonds.